The van der Waals surface area contributed by atoms with Gasteiger partial charge in [-0.05, 0) is 0 Å². The van der Waals surface area contributed by atoms with E-state index in [4.69, 9.17) is 6.66 Å². The molecule has 0 amide bonds. The summed E-state index contributed by atoms with van der Waals surface area (Å²) in [6.45, 7) is 4.72. The SMILES string of the molecule is [CH2][PH](c1ccccc1)(c1ccccc1)c1ccccc1. The van der Waals surface area contributed by atoms with Crippen molar-refractivity contribution >= 4 is 23.2 Å². The monoisotopic (exact) mass is 277 g/mol. The molecule has 0 nitrogen and oxygen atoms in total. The van der Waals surface area contributed by atoms with Crippen molar-refractivity contribution in [1.29, 1.82) is 0 Å². The Kier molecular flexibility index (Phi) is 3.67. The molecule has 0 spiro atoms. The molecule has 0 saturated heterocycles. The van der Waals surface area contributed by atoms with Gasteiger partial charge in [0.2, 0.25) is 0 Å². The molecule has 0 aliphatic rings. The molecule has 0 heterocycles. The quantitative estimate of drug-likeness (QED) is 0.643. The first-order valence-electron chi connectivity index (χ1n) is 6.84. The van der Waals surface area contributed by atoms with Crippen molar-refractivity contribution in [3.63, 3.8) is 0 Å². The van der Waals surface area contributed by atoms with Crippen molar-refractivity contribution in [2.24, 2.45) is 0 Å². The average molecular weight is 277 g/mol. The predicted octanol–water partition coefficient (Wildman–Crippen LogP) is 3.50. The van der Waals surface area contributed by atoms with Crippen molar-refractivity contribution in [1.82, 2.24) is 0 Å². The van der Waals surface area contributed by atoms with Crippen LogP contribution in [0, 0.1) is 6.66 Å². The van der Waals surface area contributed by atoms with Crippen LogP contribution in [0.15, 0.2) is 91.0 Å². The standard InChI is InChI=1S/C19H18P/c1-20(17-11-5-2-6-12-17,18-13-7-3-8-14-18)19-15-9-4-10-16-19/h2-16,20H,1H2. The molecule has 0 fully saturated rings. The summed E-state index contributed by atoms with van der Waals surface area (Å²) in [5.41, 5.74) is 0. The van der Waals surface area contributed by atoms with Crippen molar-refractivity contribution < 1.29 is 0 Å². The molecule has 20 heavy (non-hydrogen) atoms. The molecule has 0 aliphatic carbocycles. The third-order valence-electron chi connectivity index (χ3n) is 3.80. The van der Waals surface area contributed by atoms with Crippen molar-refractivity contribution in [3.05, 3.63) is 97.7 Å². The molecule has 3 rings (SSSR count). The van der Waals surface area contributed by atoms with E-state index < -0.39 is 7.26 Å². The fourth-order valence-electron chi connectivity index (χ4n) is 2.67. The Hall–Kier alpha value is -1.91. The van der Waals surface area contributed by atoms with E-state index in [2.05, 4.69) is 91.0 Å². The maximum atomic E-state index is 4.72. The minimum atomic E-state index is -2.13. The normalized spacial score (nSPS) is 12.1. The Labute approximate surface area is 121 Å². The molecule has 3 aromatic carbocycles. The van der Waals surface area contributed by atoms with Gasteiger partial charge >= 0.3 is 121 Å². The van der Waals surface area contributed by atoms with E-state index in [-0.39, 0.29) is 0 Å². The average Bonchev–Trinajstić information content (AvgIpc) is 2.56. The Morgan fingerprint density at radius 2 is 0.700 bits per heavy atom. The molecule has 0 N–H and O–H groups in total. The molecular formula is C19H18P. The Balaban J connectivity index is 2.24. The summed E-state index contributed by atoms with van der Waals surface area (Å²) in [4.78, 5) is 0. The Morgan fingerprint density at radius 1 is 0.450 bits per heavy atom. The molecule has 1 heteroatoms. The van der Waals surface area contributed by atoms with Gasteiger partial charge in [0, 0.05) is 0 Å². The van der Waals surface area contributed by atoms with Crippen LogP contribution in [-0.2, 0) is 0 Å². The zero-order valence-electron chi connectivity index (χ0n) is 11.4. The van der Waals surface area contributed by atoms with Gasteiger partial charge in [-0.3, -0.25) is 0 Å². The molecular weight excluding hydrogens is 259 g/mol. The third-order valence-corrected chi connectivity index (χ3v) is 7.76. The summed E-state index contributed by atoms with van der Waals surface area (Å²) in [5.74, 6) is 0. The third kappa shape index (κ3) is 2.28. The van der Waals surface area contributed by atoms with Gasteiger partial charge in [-0.25, -0.2) is 0 Å². The second kappa shape index (κ2) is 5.61. The number of hydrogen-bond donors (Lipinski definition) is 0. The fourth-order valence-corrected chi connectivity index (χ4v) is 5.95. The second-order valence-corrected chi connectivity index (χ2v) is 8.55. The molecule has 0 atom stereocenters. The molecule has 0 saturated carbocycles. The van der Waals surface area contributed by atoms with Gasteiger partial charge in [0.05, 0.1) is 0 Å². The molecule has 0 aromatic heterocycles. The summed E-state index contributed by atoms with van der Waals surface area (Å²) in [7, 11) is -2.13. The first kappa shape index (κ1) is 13.1. The Morgan fingerprint density at radius 3 is 0.950 bits per heavy atom. The number of benzene rings is 3. The van der Waals surface area contributed by atoms with E-state index in [1.807, 2.05) is 0 Å². The van der Waals surface area contributed by atoms with Gasteiger partial charge in [0.15, 0.2) is 0 Å². The molecule has 3 aromatic rings. The predicted molar refractivity (Wildman–Crippen MR) is 91.9 cm³/mol. The zero-order valence-corrected chi connectivity index (χ0v) is 12.4. The van der Waals surface area contributed by atoms with Crippen LogP contribution in [0.25, 0.3) is 0 Å². The first-order chi connectivity index (χ1) is 9.82. The molecule has 1 radical (unpaired) electrons. The minimum absolute atomic E-state index is 1.34. The van der Waals surface area contributed by atoms with Crippen molar-refractivity contribution in [2.45, 2.75) is 0 Å². The second-order valence-electron chi connectivity index (χ2n) is 5.00. The van der Waals surface area contributed by atoms with Gasteiger partial charge in [-0.1, -0.05) is 0 Å². The molecule has 0 aliphatic heterocycles. The number of rotatable bonds is 3. The van der Waals surface area contributed by atoms with Crippen LogP contribution in [0.3, 0.4) is 0 Å². The Bertz CT molecular complexity index is 563. The van der Waals surface area contributed by atoms with E-state index in [0.29, 0.717) is 0 Å². The van der Waals surface area contributed by atoms with Gasteiger partial charge in [-0.15, -0.1) is 0 Å². The van der Waals surface area contributed by atoms with Crippen LogP contribution >= 0.6 is 7.26 Å². The van der Waals surface area contributed by atoms with Crippen LogP contribution in [-0.4, -0.2) is 0 Å². The summed E-state index contributed by atoms with van der Waals surface area (Å²) >= 11 is 0. The maximum absolute atomic E-state index is 4.72. The van der Waals surface area contributed by atoms with Gasteiger partial charge in [-0.2, -0.15) is 0 Å². The molecule has 0 bridgehead atoms. The summed E-state index contributed by atoms with van der Waals surface area (Å²) in [5, 5.41) is 4.03. The summed E-state index contributed by atoms with van der Waals surface area (Å²) < 4.78 is 0. The van der Waals surface area contributed by atoms with E-state index >= 15 is 0 Å². The summed E-state index contributed by atoms with van der Waals surface area (Å²) in [6, 6.07) is 32.1. The number of hydrogen-bond acceptors (Lipinski definition) is 0. The van der Waals surface area contributed by atoms with Crippen LogP contribution in [0.5, 0.6) is 0 Å². The molecule has 99 valence electrons. The van der Waals surface area contributed by atoms with Gasteiger partial charge < -0.3 is 0 Å². The van der Waals surface area contributed by atoms with E-state index in [9.17, 15) is 0 Å². The fraction of sp³-hybridized carbons (Fsp3) is 0. The topological polar surface area (TPSA) is 0 Å². The van der Waals surface area contributed by atoms with Crippen LogP contribution in [0.2, 0.25) is 0 Å². The van der Waals surface area contributed by atoms with E-state index in [1.165, 1.54) is 15.9 Å². The van der Waals surface area contributed by atoms with Crippen LogP contribution in [0.1, 0.15) is 0 Å². The first-order valence-corrected chi connectivity index (χ1v) is 9.04. The van der Waals surface area contributed by atoms with Gasteiger partial charge in [0.25, 0.3) is 0 Å². The van der Waals surface area contributed by atoms with E-state index in [0.717, 1.165) is 0 Å². The zero-order chi connectivity index (χ0) is 13.8. The molecule has 0 unspecified atom stereocenters. The van der Waals surface area contributed by atoms with E-state index in [1.54, 1.807) is 0 Å². The van der Waals surface area contributed by atoms with Crippen LogP contribution < -0.4 is 15.9 Å². The summed E-state index contributed by atoms with van der Waals surface area (Å²) in [6.07, 6.45) is 0. The van der Waals surface area contributed by atoms with Gasteiger partial charge in [0.1, 0.15) is 0 Å². The van der Waals surface area contributed by atoms with Crippen LogP contribution in [0.4, 0.5) is 0 Å². The van der Waals surface area contributed by atoms with Crippen molar-refractivity contribution in [3.8, 4) is 0 Å². The van der Waals surface area contributed by atoms with Crippen molar-refractivity contribution in [2.75, 3.05) is 0 Å².